The first-order valence-corrected chi connectivity index (χ1v) is 10.4. The molecule has 4 rings (SSSR count). The molecule has 0 saturated heterocycles. The number of β-amino-alcohol motifs (C(OH)–C–C–N with tert-alkyl or cyclic N) is 1. The number of aromatic hydroxyl groups is 1. The summed E-state index contributed by atoms with van der Waals surface area (Å²) in [5, 5.41) is 38.2. The van der Waals surface area contributed by atoms with Crippen LogP contribution in [0, 0.1) is 0 Å². The topological polar surface area (TPSA) is 134 Å². The second kappa shape index (κ2) is 8.93. The van der Waals surface area contributed by atoms with E-state index >= 15 is 0 Å². The van der Waals surface area contributed by atoms with E-state index in [2.05, 4.69) is 16.0 Å². The lowest BCUT2D eigenvalue weighted by Gasteiger charge is -2.35. The summed E-state index contributed by atoms with van der Waals surface area (Å²) in [5.74, 6) is -0.945. The van der Waals surface area contributed by atoms with Gasteiger partial charge < -0.3 is 36.2 Å². The number of carbonyl (C=O) groups excluding carboxylic acids is 2. The zero-order chi connectivity index (χ0) is 22.0. The van der Waals surface area contributed by atoms with Crippen molar-refractivity contribution in [2.24, 2.45) is 0 Å². The average molecular weight is 426 g/mol. The van der Waals surface area contributed by atoms with E-state index in [1.165, 1.54) is 6.07 Å². The highest BCUT2D eigenvalue weighted by molar-refractivity contribution is 6.33. The molecule has 0 bridgehead atoms. The Kier molecular flexibility index (Phi) is 6.08. The third-order valence-electron chi connectivity index (χ3n) is 5.57. The molecule has 6 N–H and O–H groups in total. The molecule has 9 heteroatoms. The molecular formula is C22H26N4O5. The number of nitrogens with zero attached hydrogens (tertiary/aromatic N) is 1. The molecule has 0 aromatic heterocycles. The van der Waals surface area contributed by atoms with Crippen molar-refractivity contribution in [1.29, 1.82) is 0 Å². The van der Waals surface area contributed by atoms with Crippen LogP contribution >= 0.6 is 0 Å². The average Bonchev–Trinajstić information content (AvgIpc) is 2.77. The van der Waals surface area contributed by atoms with Crippen LogP contribution in [0.25, 0.3) is 0 Å². The fourth-order valence-corrected chi connectivity index (χ4v) is 4.21. The van der Waals surface area contributed by atoms with E-state index in [4.69, 9.17) is 5.11 Å². The minimum Gasteiger partial charge on any atom is -0.507 e. The highest BCUT2D eigenvalue weighted by Gasteiger charge is 2.38. The van der Waals surface area contributed by atoms with Crippen LogP contribution in [-0.2, 0) is 0 Å². The smallest absolute Gasteiger partial charge is 0.200 e. The van der Waals surface area contributed by atoms with Gasteiger partial charge in [-0.1, -0.05) is 12.1 Å². The number of hydrogen-bond donors (Lipinski definition) is 6. The zero-order valence-electron chi connectivity index (χ0n) is 17.1. The van der Waals surface area contributed by atoms with Crippen molar-refractivity contribution in [3.8, 4) is 5.75 Å². The minimum atomic E-state index is -0.405. The molecule has 2 aromatic rings. The van der Waals surface area contributed by atoms with Crippen molar-refractivity contribution in [2.75, 3.05) is 68.0 Å². The Morgan fingerprint density at radius 3 is 2.61 bits per heavy atom. The molecule has 2 aliphatic rings. The normalized spacial score (nSPS) is 14.6. The molecule has 9 nitrogen and oxygen atoms in total. The molecule has 1 aliphatic carbocycles. The van der Waals surface area contributed by atoms with Crippen LogP contribution in [0.5, 0.6) is 5.75 Å². The van der Waals surface area contributed by atoms with Crippen LogP contribution in [0.1, 0.15) is 31.8 Å². The highest BCUT2D eigenvalue weighted by Crippen LogP contribution is 2.44. The summed E-state index contributed by atoms with van der Waals surface area (Å²) in [6, 6.07) is 6.33. The van der Waals surface area contributed by atoms with Gasteiger partial charge in [0.1, 0.15) is 5.75 Å². The van der Waals surface area contributed by atoms with Gasteiger partial charge in [-0.15, -0.1) is 0 Å². The van der Waals surface area contributed by atoms with E-state index in [9.17, 15) is 19.8 Å². The van der Waals surface area contributed by atoms with Gasteiger partial charge in [-0.05, 0) is 12.1 Å². The molecule has 0 spiro atoms. The first kappa shape index (κ1) is 21.1. The first-order chi connectivity index (χ1) is 15.1. The van der Waals surface area contributed by atoms with Crippen LogP contribution in [0.2, 0.25) is 0 Å². The second-order valence-corrected chi connectivity index (χ2v) is 7.46. The van der Waals surface area contributed by atoms with Gasteiger partial charge in [-0.3, -0.25) is 9.59 Å². The number of aliphatic hydroxyl groups excluding tert-OH is 2. The van der Waals surface area contributed by atoms with Crippen LogP contribution < -0.4 is 20.9 Å². The van der Waals surface area contributed by atoms with Gasteiger partial charge in [0.05, 0.1) is 41.3 Å². The van der Waals surface area contributed by atoms with E-state index < -0.39 is 5.78 Å². The number of nitrogens with one attached hydrogen (secondary N) is 3. The standard InChI is InChI=1S/C22H26N4O5/c27-10-7-23-4-5-24-14-12-15-20(25-6-8-26(15)9-11-28)19-18(14)22(31)17-13(21(19)30)2-1-3-16(17)29/h1-3,12,23-25,27-29H,4-11H2. The lowest BCUT2D eigenvalue weighted by molar-refractivity contribution is 0.0977. The molecular weight excluding hydrogens is 400 g/mol. The van der Waals surface area contributed by atoms with E-state index in [1.807, 2.05) is 11.0 Å². The third-order valence-corrected chi connectivity index (χ3v) is 5.57. The van der Waals surface area contributed by atoms with Crippen molar-refractivity contribution in [1.82, 2.24) is 5.32 Å². The van der Waals surface area contributed by atoms with Gasteiger partial charge in [0.2, 0.25) is 0 Å². The quantitative estimate of drug-likeness (QED) is 0.283. The van der Waals surface area contributed by atoms with Crippen LogP contribution in [0.4, 0.5) is 17.1 Å². The number of phenolic OH excluding ortho intramolecular Hbond substituents is 1. The van der Waals surface area contributed by atoms with Gasteiger partial charge in [0.25, 0.3) is 0 Å². The van der Waals surface area contributed by atoms with Crippen molar-refractivity contribution < 1.29 is 24.9 Å². The Labute approximate surface area is 179 Å². The Morgan fingerprint density at radius 1 is 1.00 bits per heavy atom. The number of aliphatic hydroxyl groups is 2. The predicted molar refractivity (Wildman–Crippen MR) is 118 cm³/mol. The molecule has 1 aliphatic heterocycles. The Bertz CT molecular complexity index is 1020. The van der Waals surface area contributed by atoms with Crippen molar-refractivity contribution in [3.63, 3.8) is 0 Å². The van der Waals surface area contributed by atoms with E-state index in [0.717, 1.165) is 5.69 Å². The number of hydrogen-bond acceptors (Lipinski definition) is 9. The Hall–Kier alpha value is -3.14. The number of ketones is 2. The maximum absolute atomic E-state index is 13.5. The van der Waals surface area contributed by atoms with Gasteiger partial charge in [-0.25, -0.2) is 0 Å². The van der Waals surface area contributed by atoms with Crippen LogP contribution in [0.3, 0.4) is 0 Å². The molecule has 0 amide bonds. The minimum absolute atomic E-state index is 0.0180. The van der Waals surface area contributed by atoms with E-state index in [-0.39, 0.29) is 47.0 Å². The highest BCUT2D eigenvalue weighted by atomic mass is 16.3. The number of carbonyl (C=O) groups is 2. The Balaban J connectivity index is 1.84. The molecule has 0 unspecified atom stereocenters. The van der Waals surface area contributed by atoms with Gasteiger partial charge in [-0.2, -0.15) is 0 Å². The lowest BCUT2D eigenvalue weighted by atomic mass is 9.81. The number of benzene rings is 2. The lowest BCUT2D eigenvalue weighted by Crippen LogP contribution is -2.38. The fourth-order valence-electron chi connectivity index (χ4n) is 4.21. The van der Waals surface area contributed by atoms with Crippen LogP contribution in [-0.4, -0.2) is 79.4 Å². The van der Waals surface area contributed by atoms with Crippen molar-refractivity contribution in [2.45, 2.75) is 0 Å². The SMILES string of the molecule is O=C1c2c(O)cccc2C(=O)c2c3c(cc(NCCNCCO)c21)N(CCO)CCN3. The maximum atomic E-state index is 13.5. The monoisotopic (exact) mass is 426 g/mol. The summed E-state index contributed by atoms with van der Waals surface area (Å²) < 4.78 is 0. The molecule has 0 atom stereocenters. The largest absolute Gasteiger partial charge is 0.507 e. The maximum Gasteiger partial charge on any atom is 0.200 e. The second-order valence-electron chi connectivity index (χ2n) is 7.46. The molecule has 0 radical (unpaired) electrons. The zero-order valence-corrected chi connectivity index (χ0v) is 17.1. The van der Waals surface area contributed by atoms with Gasteiger partial charge >= 0.3 is 0 Å². The molecule has 164 valence electrons. The van der Waals surface area contributed by atoms with Crippen LogP contribution in [0.15, 0.2) is 24.3 Å². The molecule has 2 aromatic carbocycles. The van der Waals surface area contributed by atoms with E-state index in [1.54, 1.807) is 12.1 Å². The van der Waals surface area contributed by atoms with Gasteiger partial charge in [0, 0.05) is 50.5 Å². The Morgan fingerprint density at radius 2 is 1.84 bits per heavy atom. The molecule has 1 heterocycles. The summed E-state index contributed by atoms with van der Waals surface area (Å²) in [6.07, 6.45) is 0. The summed E-state index contributed by atoms with van der Waals surface area (Å²) in [7, 11) is 0. The number of phenols is 1. The number of rotatable bonds is 8. The first-order valence-electron chi connectivity index (χ1n) is 10.4. The number of fused-ring (bicyclic) bond motifs is 4. The molecule has 0 saturated carbocycles. The molecule has 31 heavy (non-hydrogen) atoms. The summed E-state index contributed by atoms with van der Waals surface area (Å²) in [6.45, 7) is 3.10. The fraction of sp³-hybridized carbons (Fsp3) is 0.364. The predicted octanol–water partition coefficient (Wildman–Crippen LogP) is 0.386. The third kappa shape index (κ3) is 3.71. The van der Waals surface area contributed by atoms with Crippen molar-refractivity contribution >= 4 is 28.6 Å². The van der Waals surface area contributed by atoms with E-state index in [0.29, 0.717) is 50.6 Å². The molecule has 0 fully saturated rings. The summed E-state index contributed by atoms with van der Waals surface area (Å²) >= 11 is 0. The number of anilines is 3. The summed E-state index contributed by atoms with van der Waals surface area (Å²) in [4.78, 5) is 28.9. The summed E-state index contributed by atoms with van der Waals surface area (Å²) in [5.41, 5.74) is 2.54. The van der Waals surface area contributed by atoms with Gasteiger partial charge in [0.15, 0.2) is 11.6 Å². The van der Waals surface area contributed by atoms with Crippen molar-refractivity contribution in [3.05, 3.63) is 46.5 Å².